The van der Waals surface area contributed by atoms with E-state index in [9.17, 15) is 8.42 Å². The summed E-state index contributed by atoms with van der Waals surface area (Å²) in [5.74, 6) is 1.40. The predicted octanol–water partition coefficient (Wildman–Crippen LogP) is 3.20. The van der Waals surface area contributed by atoms with E-state index in [4.69, 9.17) is 9.47 Å². The fourth-order valence-electron chi connectivity index (χ4n) is 3.42. The van der Waals surface area contributed by atoms with Crippen LogP contribution in [-0.2, 0) is 14.8 Å². The van der Waals surface area contributed by atoms with E-state index in [1.54, 1.807) is 23.9 Å². The number of hydrogen-bond acceptors (Lipinski definition) is 8. The number of fused-ring (bicyclic) bond motifs is 3. The number of aromatic nitrogens is 5. The number of nitrogens with one attached hydrogen (secondary N) is 1. The van der Waals surface area contributed by atoms with Gasteiger partial charge in [-0.25, -0.2) is 18.4 Å². The summed E-state index contributed by atoms with van der Waals surface area (Å²) >= 11 is 0. The van der Waals surface area contributed by atoms with E-state index in [0.29, 0.717) is 35.3 Å². The van der Waals surface area contributed by atoms with Crippen LogP contribution in [0.1, 0.15) is 37.8 Å². The number of sulfonamides is 1. The minimum atomic E-state index is -3.98. The molecule has 1 N–H and O–H groups in total. The Balaban J connectivity index is 1.67. The van der Waals surface area contributed by atoms with Gasteiger partial charge in [-0.15, -0.1) is 10.2 Å². The second-order valence-corrected chi connectivity index (χ2v) is 9.83. The zero-order valence-electron chi connectivity index (χ0n) is 18.7. The third-order valence-corrected chi connectivity index (χ3v) is 6.90. The highest BCUT2D eigenvalue weighted by atomic mass is 32.2. The molecule has 0 spiro atoms. The Labute approximate surface area is 192 Å². The number of rotatable bonds is 8. The Morgan fingerprint density at radius 3 is 2.70 bits per heavy atom. The van der Waals surface area contributed by atoms with Crippen LogP contribution in [0.5, 0.6) is 5.75 Å². The second-order valence-electron chi connectivity index (χ2n) is 7.80. The molecule has 2 atom stereocenters. The Morgan fingerprint density at radius 2 is 1.97 bits per heavy atom. The van der Waals surface area contributed by atoms with Gasteiger partial charge in [0.05, 0.1) is 11.3 Å². The molecule has 10 nitrogen and oxygen atoms in total. The molecule has 174 valence electrons. The summed E-state index contributed by atoms with van der Waals surface area (Å²) in [4.78, 5) is 8.58. The number of aryl methyl sites for hydroxylation is 1. The highest BCUT2D eigenvalue weighted by molar-refractivity contribution is 7.93. The fourth-order valence-corrected chi connectivity index (χ4v) is 4.52. The van der Waals surface area contributed by atoms with Gasteiger partial charge in [0.1, 0.15) is 23.7 Å². The molecule has 0 fully saturated rings. The van der Waals surface area contributed by atoms with Crippen LogP contribution in [-0.4, -0.2) is 51.6 Å². The maximum atomic E-state index is 13.4. The monoisotopic (exact) mass is 470 g/mol. The normalized spacial score (nSPS) is 15.1. The molecule has 0 unspecified atom stereocenters. The van der Waals surface area contributed by atoms with Crippen LogP contribution in [0.4, 0.5) is 5.95 Å². The third kappa shape index (κ3) is 4.60. The lowest BCUT2D eigenvalue weighted by Crippen LogP contribution is -2.34. The van der Waals surface area contributed by atoms with Gasteiger partial charge in [-0.1, -0.05) is 25.6 Å². The predicted molar refractivity (Wildman–Crippen MR) is 124 cm³/mol. The van der Waals surface area contributed by atoms with E-state index in [2.05, 4.69) is 31.5 Å². The summed E-state index contributed by atoms with van der Waals surface area (Å²) in [6.45, 7) is 9.90. The molecule has 1 aliphatic rings. The molecule has 11 heteroatoms. The smallest absolute Gasteiger partial charge is 0.243 e. The first-order valence-electron chi connectivity index (χ1n) is 10.6. The molecule has 3 aromatic rings. The topological polar surface area (TPSA) is 121 Å². The van der Waals surface area contributed by atoms with Crippen molar-refractivity contribution < 1.29 is 17.9 Å². The van der Waals surface area contributed by atoms with E-state index < -0.39 is 21.4 Å². The SMILES string of the molecule is C=C1COc2ccccc2-c2nnc(NS(=O)(=O)[C@@H](C)[C@@H](OCCC)c3ncc(C)cn3)n21. The van der Waals surface area contributed by atoms with Crippen LogP contribution in [0.2, 0.25) is 0 Å². The number of hydrogen-bond donors (Lipinski definition) is 1. The van der Waals surface area contributed by atoms with Gasteiger partial charge in [0, 0.05) is 19.0 Å². The number of para-hydroxylation sites is 1. The Hall–Kier alpha value is -3.31. The molecular weight excluding hydrogens is 444 g/mol. The summed E-state index contributed by atoms with van der Waals surface area (Å²) in [5.41, 5.74) is 2.06. The van der Waals surface area contributed by atoms with Crippen molar-refractivity contribution in [2.45, 2.75) is 38.5 Å². The third-order valence-electron chi connectivity index (χ3n) is 5.21. The van der Waals surface area contributed by atoms with E-state index >= 15 is 0 Å². The van der Waals surface area contributed by atoms with Crippen LogP contribution < -0.4 is 9.46 Å². The van der Waals surface area contributed by atoms with Gasteiger partial charge in [0.2, 0.25) is 16.0 Å². The molecule has 1 aliphatic heterocycles. The highest BCUT2D eigenvalue weighted by Gasteiger charge is 2.35. The van der Waals surface area contributed by atoms with E-state index in [0.717, 1.165) is 12.0 Å². The van der Waals surface area contributed by atoms with Crippen molar-refractivity contribution >= 4 is 21.7 Å². The minimum absolute atomic E-state index is 0.0289. The van der Waals surface area contributed by atoms with Crippen molar-refractivity contribution in [3.8, 4) is 17.1 Å². The molecule has 33 heavy (non-hydrogen) atoms. The first-order valence-corrected chi connectivity index (χ1v) is 12.1. The molecule has 0 saturated carbocycles. The maximum absolute atomic E-state index is 13.4. The molecule has 0 saturated heterocycles. The van der Waals surface area contributed by atoms with Gasteiger partial charge >= 0.3 is 0 Å². The van der Waals surface area contributed by atoms with Gasteiger partial charge in [-0.05, 0) is 38.0 Å². The molecular formula is C22H26N6O4S. The van der Waals surface area contributed by atoms with Crippen LogP contribution in [0.15, 0.2) is 43.2 Å². The van der Waals surface area contributed by atoms with E-state index in [1.165, 1.54) is 0 Å². The van der Waals surface area contributed by atoms with Crippen LogP contribution in [0.25, 0.3) is 17.1 Å². The van der Waals surface area contributed by atoms with Crippen molar-refractivity contribution in [3.05, 3.63) is 54.6 Å². The quantitative estimate of drug-likeness (QED) is 0.533. The molecule has 1 aromatic carbocycles. The van der Waals surface area contributed by atoms with Gasteiger partial charge in [0.25, 0.3) is 0 Å². The van der Waals surface area contributed by atoms with Crippen molar-refractivity contribution in [2.24, 2.45) is 0 Å². The number of benzene rings is 1. The van der Waals surface area contributed by atoms with Crippen molar-refractivity contribution in [1.82, 2.24) is 24.7 Å². The average molecular weight is 471 g/mol. The van der Waals surface area contributed by atoms with E-state index in [1.807, 2.05) is 38.1 Å². The minimum Gasteiger partial charge on any atom is -0.487 e. The second kappa shape index (κ2) is 9.28. The molecule has 2 aromatic heterocycles. The molecule has 0 aliphatic carbocycles. The molecule has 3 heterocycles. The largest absolute Gasteiger partial charge is 0.487 e. The molecule has 0 radical (unpaired) electrons. The fraction of sp³-hybridized carbons (Fsp3) is 0.364. The number of ether oxygens (including phenoxy) is 2. The van der Waals surface area contributed by atoms with E-state index in [-0.39, 0.29) is 12.6 Å². The summed E-state index contributed by atoms with van der Waals surface area (Å²) in [6, 6.07) is 7.34. The number of anilines is 1. The first kappa shape index (κ1) is 22.9. The lowest BCUT2D eigenvalue weighted by molar-refractivity contribution is 0.0466. The standard InChI is InChI=1S/C22H26N6O4S/c1-5-10-31-19(20-23-11-14(2)12-24-20)16(4)33(29,30)27-22-26-25-21-17-8-6-7-9-18(17)32-13-15(3)28(21)22/h6-9,11-12,16,19H,3,5,10,13H2,1-2,4H3,(H,26,27)/t16-,19+/m0/s1. The average Bonchev–Trinajstić information content (AvgIpc) is 3.15. The van der Waals surface area contributed by atoms with Crippen molar-refractivity contribution in [2.75, 3.05) is 17.9 Å². The van der Waals surface area contributed by atoms with Gasteiger partial charge < -0.3 is 9.47 Å². The first-order chi connectivity index (χ1) is 15.8. The zero-order chi connectivity index (χ0) is 23.6. The highest BCUT2D eigenvalue weighted by Crippen LogP contribution is 2.35. The summed E-state index contributed by atoms with van der Waals surface area (Å²) < 4.78 is 42.5. The van der Waals surface area contributed by atoms with Gasteiger partial charge in [0.15, 0.2) is 11.6 Å². The molecule has 0 amide bonds. The maximum Gasteiger partial charge on any atom is 0.243 e. The van der Waals surface area contributed by atoms with Crippen LogP contribution >= 0.6 is 0 Å². The Kier molecular flexibility index (Phi) is 6.43. The number of nitrogens with zero attached hydrogens (tertiary/aromatic N) is 5. The van der Waals surface area contributed by atoms with Gasteiger partial charge in [-0.3, -0.25) is 9.29 Å². The Bertz CT molecular complexity index is 1260. The molecule has 4 rings (SSSR count). The zero-order valence-corrected chi connectivity index (χ0v) is 19.5. The Morgan fingerprint density at radius 1 is 1.24 bits per heavy atom. The lowest BCUT2D eigenvalue weighted by Gasteiger charge is -2.23. The van der Waals surface area contributed by atoms with Gasteiger partial charge in [-0.2, -0.15) is 0 Å². The van der Waals surface area contributed by atoms with Crippen molar-refractivity contribution in [1.29, 1.82) is 0 Å². The summed E-state index contributed by atoms with van der Waals surface area (Å²) in [6.07, 6.45) is 3.13. The summed E-state index contributed by atoms with van der Waals surface area (Å²) in [7, 11) is -3.98. The van der Waals surface area contributed by atoms with Crippen molar-refractivity contribution in [3.63, 3.8) is 0 Å². The molecule has 0 bridgehead atoms. The summed E-state index contributed by atoms with van der Waals surface area (Å²) in [5, 5.41) is 7.29. The lowest BCUT2D eigenvalue weighted by atomic mass is 10.2. The van der Waals surface area contributed by atoms with Crippen LogP contribution in [0.3, 0.4) is 0 Å². The van der Waals surface area contributed by atoms with Crippen LogP contribution in [0, 0.1) is 6.92 Å².